The fourth-order valence-corrected chi connectivity index (χ4v) is 4.60. The maximum atomic E-state index is 10.3. The molecule has 2 rings (SSSR count). The Labute approximate surface area is 328 Å². The van der Waals surface area contributed by atoms with E-state index in [1.165, 1.54) is 78.5 Å². The largest absolute Gasteiger partial charge is 3.00 e. The summed E-state index contributed by atoms with van der Waals surface area (Å²) in [6.07, 6.45) is 7.04. The summed E-state index contributed by atoms with van der Waals surface area (Å²) in [6, 6.07) is 0. The number of nitrogens with zero attached hydrogens (tertiary/aromatic N) is 6. The van der Waals surface area contributed by atoms with Crippen LogP contribution in [0.3, 0.4) is 0 Å². The first-order valence-electron chi connectivity index (χ1n) is 18.2. The van der Waals surface area contributed by atoms with Gasteiger partial charge >= 0.3 is 17.1 Å². The monoisotopic (exact) mass is 797 g/mol. The average Bonchev–Trinajstić information content (AvgIpc) is 3.14. The van der Waals surface area contributed by atoms with E-state index >= 15 is 0 Å². The first kappa shape index (κ1) is 58.5. The van der Waals surface area contributed by atoms with Crippen molar-refractivity contribution in [2.75, 3.05) is 121 Å². The van der Waals surface area contributed by atoms with Gasteiger partial charge in [0.2, 0.25) is 0 Å². The zero-order valence-electron chi connectivity index (χ0n) is 33.7. The van der Waals surface area contributed by atoms with Crippen LogP contribution in [-0.2, 0) is 48.5 Å². The minimum atomic E-state index is -1.08. The van der Waals surface area contributed by atoms with Gasteiger partial charge in [-0.3, -0.25) is 0 Å². The molecule has 50 heavy (non-hydrogen) atoms. The van der Waals surface area contributed by atoms with Crippen LogP contribution in [0.4, 0.5) is 0 Å². The van der Waals surface area contributed by atoms with Crippen LogP contribution >= 0.6 is 0 Å². The van der Waals surface area contributed by atoms with Gasteiger partial charge in [0.25, 0.3) is 0 Å². The standard InChI is InChI=1S/2C9H21N3.2C8H16O2.C2H4O2.2Mn/c2*1-10-4-6-11(2)8-9-12(3)7-5-10;2*1-3-5-6-7(4-2)8(9)10;1-2(3)4;;/h2*4-9H2,1-3H3;2*7H,3-6H2,1-2H3,(H,9,10);1H3,(H,3,4);;/q;;;;;;+3/p-3. The normalized spacial score (nSPS) is 18.3. The zero-order valence-corrected chi connectivity index (χ0v) is 36.0. The first-order chi connectivity index (χ1) is 22.5. The molecular formula is C36H75Mn2N6O6. The molecular weight excluding hydrogens is 722 g/mol. The molecule has 0 bridgehead atoms. The fourth-order valence-electron chi connectivity index (χ4n) is 4.60. The van der Waals surface area contributed by atoms with Gasteiger partial charge in [-0.05, 0) is 86.7 Å². The molecule has 2 fully saturated rings. The van der Waals surface area contributed by atoms with Gasteiger partial charge in [-0.1, -0.05) is 53.4 Å². The van der Waals surface area contributed by atoms with Crippen molar-refractivity contribution in [1.29, 1.82) is 0 Å². The third-order valence-corrected chi connectivity index (χ3v) is 8.65. The SMILES string of the molecule is CC(=O)[O-].CCCCC(CC)C(=O)[O-].CCCCC(CC)C(=O)[O-].CN1CCN(C)CCN(C)CC1.CN1CCN(C)CCN(C)CC1.[Mn+3].[Mn]. The molecule has 0 amide bonds. The van der Waals surface area contributed by atoms with Crippen LogP contribution in [0.1, 0.15) is 86.0 Å². The van der Waals surface area contributed by atoms with Crippen LogP contribution in [0, 0.1) is 11.8 Å². The Morgan fingerprint density at radius 1 is 0.480 bits per heavy atom. The van der Waals surface area contributed by atoms with E-state index in [-0.39, 0.29) is 46.0 Å². The molecule has 2 saturated heterocycles. The number of aliphatic carboxylic acids is 3. The van der Waals surface area contributed by atoms with Crippen molar-refractivity contribution in [3.63, 3.8) is 0 Å². The molecule has 12 nitrogen and oxygen atoms in total. The van der Waals surface area contributed by atoms with E-state index in [0.29, 0.717) is 12.8 Å². The van der Waals surface area contributed by atoms with Crippen LogP contribution in [0.15, 0.2) is 0 Å². The first-order valence-corrected chi connectivity index (χ1v) is 18.2. The van der Waals surface area contributed by atoms with Gasteiger partial charge in [0.1, 0.15) is 0 Å². The summed E-state index contributed by atoms with van der Waals surface area (Å²) in [5, 5.41) is 29.5. The van der Waals surface area contributed by atoms with Crippen molar-refractivity contribution in [1.82, 2.24) is 29.4 Å². The number of carbonyl (C=O) groups excluding carboxylic acids is 3. The van der Waals surface area contributed by atoms with Gasteiger partial charge in [-0.25, -0.2) is 0 Å². The Kier molecular flexibility index (Phi) is 46.1. The summed E-state index contributed by atoms with van der Waals surface area (Å²) < 4.78 is 0. The Morgan fingerprint density at radius 3 is 0.740 bits per heavy atom. The van der Waals surface area contributed by atoms with Crippen molar-refractivity contribution >= 4 is 17.9 Å². The molecule has 0 aromatic rings. The minimum absolute atomic E-state index is 0. The molecule has 0 saturated carbocycles. The van der Waals surface area contributed by atoms with Crippen molar-refractivity contribution in [3.8, 4) is 0 Å². The van der Waals surface area contributed by atoms with Crippen LogP contribution in [0.5, 0.6) is 0 Å². The minimum Gasteiger partial charge on any atom is -0.550 e. The molecule has 0 spiro atoms. The van der Waals surface area contributed by atoms with E-state index < -0.39 is 17.9 Å². The summed E-state index contributed by atoms with van der Waals surface area (Å²) >= 11 is 0. The molecule has 2 heterocycles. The van der Waals surface area contributed by atoms with Crippen molar-refractivity contribution in [2.24, 2.45) is 11.8 Å². The van der Waals surface area contributed by atoms with Crippen LogP contribution in [-0.4, -0.2) is 168 Å². The summed E-state index contributed by atoms with van der Waals surface area (Å²) in [6.45, 7) is 23.2. The molecule has 2 aliphatic heterocycles. The van der Waals surface area contributed by atoms with Crippen LogP contribution in [0.25, 0.3) is 0 Å². The number of carboxylic acid groups (broad SMARTS) is 3. The number of carbonyl (C=O) groups is 3. The quantitative estimate of drug-likeness (QED) is 0.280. The predicted octanol–water partition coefficient (Wildman–Crippen LogP) is 0.247. The molecule has 0 aromatic heterocycles. The van der Waals surface area contributed by atoms with Crippen molar-refractivity contribution in [3.05, 3.63) is 0 Å². The van der Waals surface area contributed by atoms with Gasteiger partial charge in [0.05, 0.1) is 0 Å². The molecule has 2 unspecified atom stereocenters. The summed E-state index contributed by atoms with van der Waals surface area (Å²) in [4.78, 5) is 43.9. The molecule has 0 N–H and O–H groups in total. The van der Waals surface area contributed by atoms with Gasteiger partial charge in [-0.15, -0.1) is 0 Å². The second-order valence-electron chi connectivity index (χ2n) is 13.4. The van der Waals surface area contributed by atoms with Crippen molar-refractivity contribution in [2.45, 2.75) is 86.0 Å². The Hall–Kier alpha value is -0.791. The predicted molar refractivity (Wildman–Crippen MR) is 192 cm³/mol. The van der Waals surface area contributed by atoms with Gasteiger partial charge < -0.3 is 59.1 Å². The Balaban J connectivity index is -0.000000172. The summed E-state index contributed by atoms with van der Waals surface area (Å²) in [5.74, 6) is -3.31. The second kappa shape index (κ2) is 39.4. The maximum Gasteiger partial charge on any atom is 3.00 e. The van der Waals surface area contributed by atoms with Crippen molar-refractivity contribution < 1.29 is 63.8 Å². The number of rotatable bonds is 10. The number of hydrogen-bond donors (Lipinski definition) is 0. The topological polar surface area (TPSA) is 140 Å². The average molecular weight is 798 g/mol. The summed E-state index contributed by atoms with van der Waals surface area (Å²) in [5.41, 5.74) is 0. The zero-order chi connectivity index (χ0) is 37.5. The molecule has 2 atom stereocenters. The fraction of sp³-hybridized carbons (Fsp3) is 0.917. The molecule has 0 aliphatic carbocycles. The van der Waals surface area contributed by atoms with E-state index in [4.69, 9.17) is 9.90 Å². The molecule has 299 valence electrons. The molecule has 0 aromatic carbocycles. The van der Waals surface area contributed by atoms with E-state index in [1.807, 2.05) is 13.8 Å². The Bertz CT molecular complexity index is 658. The molecule has 1 radical (unpaired) electrons. The van der Waals surface area contributed by atoms with E-state index in [1.54, 1.807) is 0 Å². The molecule has 2 aliphatic rings. The smallest absolute Gasteiger partial charge is 0.550 e. The number of unbranched alkanes of at least 4 members (excludes halogenated alkanes) is 2. The Morgan fingerprint density at radius 2 is 0.640 bits per heavy atom. The third-order valence-electron chi connectivity index (χ3n) is 8.65. The molecule has 14 heteroatoms. The third kappa shape index (κ3) is 41.6. The number of hydrogen-bond acceptors (Lipinski definition) is 12. The number of likely N-dealkylation sites (N-methyl/N-ethyl adjacent to an activating group) is 6. The van der Waals surface area contributed by atoms with Gasteiger partial charge in [-0.2, -0.15) is 0 Å². The van der Waals surface area contributed by atoms with E-state index in [2.05, 4.69) is 85.5 Å². The van der Waals surface area contributed by atoms with Crippen LogP contribution < -0.4 is 15.3 Å². The summed E-state index contributed by atoms with van der Waals surface area (Å²) in [7, 11) is 13.2. The maximum absolute atomic E-state index is 10.3. The second-order valence-corrected chi connectivity index (χ2v) is 13.4. The van der Waals surface area contributed by atoms with E-state index in [9.17, 15) is 19.8 Å². The van der Waals surface area contributed by atoms with Gasteiger partial charge in [0.15, 0.2) is 0 Å². The van der Waals surface area contributed by atoms with Gasteiger partial charge in [0, 0.05) is 114 Å². The van der Waals surface area contributed by atoms with E-state index in [0.717, 1.165) is 45.4 Å². The number of carboxylic acids is 3. The van der Waals surface area contributed by atoms with Crippen LogP contribution in [0.2, 0.25) is 0 Å².